The van der Waals surface area contributed by atoms with E-state index in [0.29, 0.717) is 17.3 Å². The molecule has 2 rings (SSSR count). The van der Waals surface area contributed by atoms with Crippen molar-refractivity contribution in [3.05, 3.63) is 16.4 Å². The van der Waals surface area contributed by atoms with Crippen LogP contribution in [0.15, 0.2) is 9.32 Å². The van der Waals surface area contributed by atoms with Crippen LogP contribution in [0, 0.1) is 0 Å². The molecule has 2 atom stereocenters. The van der Waals surface area contributed by atoms with Crippen molar-refractivity contribution in [2.45, 2.75) is 45.1 Å². The quantitative estimate of drug-likeness (QED) is 0.815. The van der Waals surface area contributed by atoms with Gasteiger partial charge in [-0.25, -0.2) is 4.79 Å². The summed E-state index contributed by atoms with van der Waals surface area (Å²) in [5.41, 5.74) is 0. The Labute approximate surface area is 103 Å². The molecule has 0 saturated carbocycles. The summed E-state index contributed by atoms with van der Waals surface area (Å²) in [7, 11) is -0.854. The van der Waals surface area contributed by atoms with Crippen LogP contribution in [0.4, 0.5) is 0 Å². The molecule has 6 heteroatoms. The number of aryl methyl sites for hydroxylation is 1. The van der Waals surface area contributed by atoms with Crippen LogP contribution in [0.25, 0.3) is 0 Å². The Bertz CT molecular complexity index is 452. The lowest BCUT2D eigenvalue weighted by Crippen LogP contribution is -2.26. The van der Waals surface area contributed by atoms with Gasteiger partial charge in [-0.15, -0.1) is 0 Å². The second-order valence-electron chi connectivity index (χ2n) is 4.44. The Kier molecular flexibility index (Phi) is 4.15. The van der Waals surface area contributed by atoms with Gasteiger partial charge in [0.05, 0.1) is 6.04 Å². The SMILES string of the molecule is CCCS(=O)CC1CCCCc2noc(=O)n21. The van der Waals surface area contributed by atoms with Crippen molar-refractivity contribution in [3.63, 3.8) is 0 Å². The van der Waals surface area contributed by atoms with Gasteiger partial charge in [-0.1, -0.05) is 18.5 Å². The van der Waals surface area contributed by atoms with Gasteiger partial charge in [-0.3, -0.25) is 13.3 Å². The van der Waals surface area contributed by atoms with Crippen LogP contribution in [-0.4, -0.2) is 25.4 Å². The van der Waals surface area contributed by atoms with Crippen molar-refractivity contribution in [1.29, 1.82) is 0 Å². The number of rotatable bonds is 4. The Morgan fingerprint density at radius 2 is 2.35 bits per heavy atom. The molecule has 0 fully saturated rings. The van der Waals surface area contributed by atoms with Crippen LogP contribution < -0.4 is 5.76 Å². The zero-order valence-corrected chi connectivity index (χ0v) is 10.9. The molecule has 0 radical (unpaired) electrons. The first-order valence-electron chi connectivity index (χ1n) is 6.14. The third kappa shape index (κ3) is 2.86. The van der Waals surface area contributed by atoms with Crippen molar-refractivity contribution in [2.75, 3.05) is 11.5 Å². The van der Waals surface area contributed by atoms with E-state index >= 15 is 0 Å². The summed E-state index contributed by atoms with van der Waals surface area (Å²) < 4.78 is 18.1. The van der Waals surface area contributed by atoms with Gasteiger partial charge in [-0.05, 0) is 19.3 Å². The molecule has 2 unspecified atom stereocenters. The Morgan fingerprint density at radius 1 is 1.53 bits per heavy atom. The molecular formula is C11H18N2O3S. The van der Waals surface area contributed by atoms with Crippen molar-refractivity contribution < 1.29 is 8.73 Å². The summed E-state index contributed by atoms with van der Waals surface area (Å²) in [6.45, 7) is 2.02. The lowest BCUT2D eigenvalue weighted by atomic mass is 10.1. The van der Waals surface area contributed by atoms with Crippen molar-refractivity contribution in [2.24, 2.45) is 0 Å². The van der Waals surface area contributed by atoms with E-state index in [2.05, 4.69) is 5.16 Å². The summed E-state index contributed by atoms with van der Waals surface area (Å²) in [5, 5.41) is 3.80. The average Bonchev–Trinajstić information content (AvgIpc) is 2.54. The normalized spacial score (nSPS) is 21.8. The van der Waals surface area contributed by atoms with Crippen LogP contribution in [-0.2, 0) is 17.2 Å². The summed E-state index contributed by atoms with van der Waals surface area (Å²) in [6, 6.07) is -0.00127. The summed E-state index contributed by atoms with van der Waals surface area (Å²) in [4.78, 5) is 11.6. The standard InChI is InChI=1S/C11H18N2O3S/c1-2-7-17(15)8-9-5-3-4-6-10-12-16-11(14)13(9)10/h9H,2-8H2,1H3. The number of aromatic nitrogens is 2. The van der Waals surface area contributed by atoms with E-state index in [0.717, 1.165) is 32.1 Å². The van der Waals surface area contributed by atoms with Crippen LogP contribution in [0.3, 0.4) is 0 Å². The number of nitrogens with zero attached hydrogens (tertiary/aromatic N) is 2. The molecule has 1 aromatic rings. The van der Waals surface area contributed by atoms with Gasteiger partial charge in [0, 0.05) is 28.7 Å². The fourth-order valence-corrected chi connectivity index (χ4v) is 3.65. The molecular weight excluding hydrogens is 240 g/mol. The van der Waals surface area contributed by atoms with Crippen molar-refractivity contribution in [1.82, 2.24) is 9.72 Å². The lowest BCUT2D eigenvalue weighted by molar-refractivity contribution is 0.359. The highest BCUT2D eigenvalue weighted by atomic mass is 32.2. The monoisotopic (exact) mass is 258 g/mol. The van der Waals surface area contributed by atoms with E-state index in [1.165, 1.54) is 0 Å². The highest BCUT2D eigenvalue weighted by Gasteiger charge is 2.24. The first-order chi connectivity index (χ1) is 8.22. The Morgan fingerprint density at radius 3 is 3.12 bits per heavy atom. The number of fused-ring (bicyclic) bond motifs is 1. The smallest absolute Gasteiger partial charge is 0.296 e. The first kappa shape index (κ1) is 12.5. The van der Waals surface area contributed by atoms with Crippen LogP contribution in [0.1, 0.15) is 44.5 Å². The van der Waals surface area contributed by atoms with Gasteiger partial charge in [0.2, 0.25) is 0 Å². The molecule has 0 amide bonds. The Hall–Kier alpha value is -0.910. The van der Waals surface area contributed by atoms with Gasteiger partial charge < -0.3 is 0 Å². The van der Waals surface area contributed by atoms with E-state index in [-0.39, 0.29) is 6.04 Å². The molecule has 17 heavy (non-hydrogen) atoms. The largest absolute Gasteiger partial charge is 0.441 e. The van der Waals surface area contributed by atoms with E-state index in [4.69, 9.17) is 4.52 Å². The summed E-state index contributed by atoms with van der Waals surface area (Å²) >= 11 is 0. The highest BCUT2D eigenvalue weighted by molar-refractivity contribution is 7.85. The minimum absolute atomic E-state index is 0.00127. The fraction of sp³-hybridized carbons (Fsp3) is 0.818. The average molecular weight is 258 g/mol. The predicted molar refractivity (Wildman–Crippen MR) is 65.5 cm³/mol. The van der Waals surface area contributed by atoms with Crippen molar-refractivity contribution >= 4 is 10.8 Å². The maximum absolute atomic E-state index is 11.8. The first-order valence-corrected chi connectivity index (χ1v) is 7.63. The zero-order valence-electron chi connectivity index (χ0n) is 10.1. The maximum atomic E-state index is 11.8. The van der Waals surface area contributed by atoms with Gasteiger partial charge >= 0.3 is 5.76 Å². The van der Waals surface area contributed by atoms with Gasteiger partial charge in [0.1, 0.15) is 0 Å². The molecule has 0 aliphatic carbocycles. The van der Waals surface area contributed by atoms with Gasteiger partial charge in [0.15, 0.2) is 5.82 Å². The van der Waals surface area contributed by atoms with Crippen molar-refractivity contribution in [3.8, 4) is 0 Å². The molecule has 0 spiro atoms. The minimum atomic E-state index is -0.854. The zero-order chi connectivity index (χ0) is 12.3. The minimum Gasteiger partial charge on any atom is -0.296 e. The maximum Gasteiger partial charge on any atom is 0.441 e. The van der Waals surface area contributed by atoms with E-state index in [1.54, 1.807) is 4.57 Å². The predicted octanol–water partition coefficient (Wildman–Crippen LogP) is 1.26. The molecule has 0 aromatic carbocycles. The molecule has 0 N–H and O–H groups in total. The van der Waals surface area contributed by atoms with Gasteiger partial charge in [-0.2, -0.15) is 0 Å². The van der Waals surface area contributed by atoms with E-state index in [1.807, 2.05) is 6.92 Å². The molecule has 96 valence electrons. The van der Waals surface area contributed by atoms with Crippen LogP contribution >= 0.6 is 0 Å². The molecule has 1 aliphatic heterocycles. The van der Waals surface area contributed by atoms with Crippen LogP contribution in [0.5, 0.6) is 0 Å². The number of hydrogen-bond acceptors (Lipinski definition) is 4. The summed E-state index contributed by atoms with van der Waals surface area (Å²) in [6.07, 6.45) is 4.65. The van der Waals surface area contributed by atoms with Crippen LogP contribution in [0.2, 0.25) is 0 Å². The lowest BCUT2D eigenvalue weighted by Gasteiger charge is -2.15. The molecule has 1 aliphatic rings. The topological polar surface area (TPSA) is 65.1 Å². The molecule has 5 nitrogen and oxygen atoms in total. The Balaban J connectivity index is 2.19. The third-order valence-electron chi connectivity index (χ3n) is 3.07. The molecule has 2 heterocycles. The third-order valence-corrected chi connectivity index (χ3v) is 4.69. The molecule has 0 saturated heterocycles. The number of hydrogen-bond donors (Lipinski definition) is 0. The highest BCUT2D eigenvalue weighted by Crippen LogP contribution is 2.22. The fourth-order valence-electron chi connectivity index (χ4n) is 2.29. The second kappa shape index (κ2) is 5.62. The van der Waals surface area contributed by atoms with E-state index < -0.39 is 16.6 Å². The summed E-state index contributed by atoms with van der Waals surface area (Å²) in [5.74, 6) is 1.56. The van der Waals surface area contributed by atoms with E-state index in [9.17, 15) is 9.00 Å². The molecule has 1 aromatic heterocycles. The molecule has 0 bridgehead atoms. The van der Waals surface area contributed by atoms with Gasteiger partial charge in [0.25, 0.3) is 0 Å². The second-order valence-corrected chi connectivity index (χ2v) is 6.07.